The molecule has 1 aliphatic rings. The molecule has 0 spiro atoms. The van der Waals surface area contributed by atoms with Crippen LogP contribution in [0.25, 0.3) is 22.8 Å². The number of imidazole rings is 1. The number of pyridine rings is 1. The first kappa shape index (κ1) is 24.6. The van der Waals surface area contributed by atoms with E-state index in [1.54, 1.807) is 41.6 Å². The van der Waals surface area contributed by atoms with Crippen molar-refractivity contribution in [2.75, 3.05) is 4.90 Å². The summed E-state index contributed by atoms with van der Waals surface area (Å²) in [5.74, 6) is 1.44. The molecule has 1 amide bonds. The summed E-state index contributed by atoms with van der Waals surface area (Å²) >= 11 is 0. The zero-order valence-corrected chi connectivity index (χ0v) is 20.6. The molecule has 0 aliphatic carbocycles. The Kier molecular flexibility index (Phi) is 6.26. The van der Waals surface area contributed by atoms with Crippen LogP contribution in [-0.4, -0.2) is 30.4 Å². The number of nitrogens with zero attached hydrogens (tertiary/aromatic N) is 6. The van der Waals surface area contributed by atoms with Gasteiger partial charge in [0.25, 0.3) is 0 Å². The molecule has 5 rings (SSSR count). The molecule has 0 saturated carbocycles. The van der Waals surface area contributed by atoms with Gasteiger partial charge in [0.05, 0.1) is 12.2 Å². The zero-order chi connectivity index (χ0) is 26.3. The number of aryl methyl sites for hydroxylation is 2. The molecule has 4 heterocycles. The molecular formula is C27H25F3N6O. The summed E-state index contributed by atoms with van der Waals surface area (Å²) in [6, 6.07) is 10.8. The molecule has 0 radical (unpaired) electrons. The first-order valence-corrected chi connectivity index (χ1v) is 11.9. The highest BCUT2D eigenvalue weighted by molar-refractivity contribution is 5.95. The number of benzene rings is 1. The van der Waals surface area contributed by atoms with Crippen molar-refractivity contribution in [3.05, 3.63) is 77.5 Å². The Labute approximate surface area is 212 Å². The van der Waals surface area contributed by atoms with Crippen LogP contribution in [0.2, 0.25) is 0 Å². The van der Waals surface area contributed by atoms with Gasteiger partial charge in [-0.3, -0.25) is 14.7 Å². The predicted octanol–water partition coefficient (Wildman–Crippen LogP) is 5.56. The summed E-state index contributed by atoms with van der Waals surface area (Å²) in [5, 5.41) is 0. The van der Waals surface area contributed by atoms with Crippen molar-refractivity contribution in [2.24, 2.45) is 7.05 Å². The van der Waals surface area contributed by atoms with Crippen molar-refractivity contribution in [3.63, 3.8) is 0 Å². The van der Waals surface area contributed by atoms with E-state index in [1.165, 1.54) is 11.6 Å². The second-order valence-corrected chi connectivity index (χ2v) is 9.37. The monoisotopic (exact) mass is 506 g/mol. The maximum atomic E-state index is 13.1. The van der Waals surface area contributed by atoms with Crippen LogP contribution in [0.5, 0.6) is 0 Å². The lowest BCUT2D eigenvalue weighted by Crippen LogP contribution is -2.35. The van der Waals surface area contributed by atoms with Crippen LogP contribution < -0.4 is 4.90 Å². The van der Waals surface area contributed by atoms with Gasteiger partial charge in [0.1, 0.15) is 11.6 Å². The van der Waals surface area contributed by atoms with Gasteiger partial charge >= 0.3 is 6.18 Å². The number of hydrogen-bond donors (Lipinski definition) is 0. The van der Waals surface area contributed by atoms with Crippen LogP contribution in [0.4, 0.5) is 19.0 Å². The number of fused-ring (bicyclic) bond motifs is 1. The lowest BCUT2D eigenvalue weighted by Gasteiger charge is -2.28. The van der Waals surface area contributed by atoms with E-state index >= 15 is 0 Å². The minimum absolute atomic E-state index is 0.0459. The van der Waals surface area contributed by atoms with Gasteiger partial charge in [0, 0.05) is 48.7 Å². The molecule has 4 aromatic rings. The van der Waals surface area contributed by atoms with Crippen molar-refractivity contribution >= 4 is 11.7 Å². The molecule has 0 fully saturated rings. The largest absolute Gasteiger partial charge is 0.434 e. The lowest BCUT2D eigenvalue weighted by molar-refractivity contribution is -0.140. The van der Waals surface area contributed by atoms with Crippen molar-refractivity contribution in [1.82, 2.24) is 24.5 Å². The first-order valence-electron chi connectivity index (χ1n) is 11.9. The van der Waals surface area contributed by atoms with Crippen molar-refractivity contribution in [2.45, 2.75) is 45.3 Å². The highest BCUT2D eigenvalue weighted by Crippen LogP contribution is 2.33. The Morgan fingerprint density at radius 3 is 2.46 bits per heavy atom. The van der Waals surface area contributed by atoms with Gasteiger partial charge < -0.3 is 4.57 Å². The number of amides is 1. The number of hydrogen-bond acceptors (Lipinski definition) is 5. The third-order valence-electron chi connectivity index (χ3n) is 6.35. The maximum Gasteiger partial charge on any atom is 0.434 e. The van der Waals surface area contributed by atoms with Crippen molar-refractivity contribution < 1.29 is 18.0 Å². The molecule has 0 N–H and O–H groups in total. The number of carbonyl (C=O) groups excluding carboxylic acids is 1. The summed E-state index contributed by atoms with van der Waals surface area (Å²) in [6.45, 7) is 4.39. The summed E-state index contributed by atoms with van der Waals surface area (Å²) in [7, 11) is 1.53. The number of halogens is 3. The lowest BCUT2D eigenvalue weighted by atomic mass is 10.0. The van der Waals surface area contributed by atoms with Crippen LogP contribution >= 0.6 is 0 Å². The fraction of sp³-hybridized carbons (Fsp3) is 0.296. The minimum Gasteiger partial charge on any atom is -0.333 e. The fourth-order valence-corrected chi connectivity index (χ4v) is 4.47. The van der Waals surface area contributed by atoms with E-state index in [0.717, 1.165) is 28.6 Å². The quantitative estimate of drug-likeness (QED) is 0.354. The topological polar surface area (TPSA) is 76.8 Å². The molecule has 3 aromatic heterocycles. The number of alkyl halides is 3. The smallest absolute Gasteiger partial charge is 0.333 e. The molecule has 0 atom stereocenters. The number of rotatable bonds is 5. The summed E-state index contributed by atoms with van der Waals surface area (Å²) < 4.78 is 40.5. The zero-order valence-electron chi connectivity index (χ0n) is 20.6. The van der Waals surface area contributed by atoms with Crippen molar-refractivity contribution in [1.29, 1.82) is 0 Å². The second kappa shape index (κ2) is 9.42. The van der Waals surface area contributed by atoms with Gasteiger partial charge in [-0.2, -0.15) is 13.2 Å². The first-order chi connectivity index (χ1) is 17.6. The Morgan fingerprint density at radius 1 is 1.03 bits per heavy atom. The van der Waals surface area contributed by atoms with E-state index < -0.39 is 11.9 Å². The Balaban J connectivity index is 1.44. The average molecular weight is 507 g/mol. The van der Waals surface area contributed by atoms with Gasteiger partial charge in [-0.15, -0.1) is 0 Å². The van der Waals surface area contributed by atoms with Gasteiger partial charge in [0.2, 0.25) is 5.91 Å². The molecule has 7 nitrogen and oxygen atoms in total. The average Bonchev–Trinajstić information content (AvgIpc) is 3.28. The normalized spacial score (nSPS) is 13.8. The van der Waals surface area contributed by atoms with E-state index in [0.29, 0.717) is 30.0 Å². The van der Waals surface area contributed by atoms with E-state index in [9.17, 15) is 18.0 Å². The van der Waals surface area contributed by atoms with Crippen LogP contribution in [-0.2, 0) is 31.0 Å². The SMILES string of the molecule is CC(C)c1ncccc1-c1ncc2c(n1)N(Cc1ccc(-c3nc(C(F)(F)F)cn3C)cc1)C(=O)CC2. The third-order valence-corrected chi connectivity index (χ3v) is 6.35. The van der Waals surface area contributed by atoms with E-state index in [1.807, 2.05) is 12.1 Å². The molecular weight excluding hydrogens is 481 g/mol. The van der Waals surface area contributed by atoms with Crippen LogP contribution in [0.15, 0.2) is 55.0 Å². The second-order valence-electron chi connectivity index (χ2n) is 9.37. The number of carbonyl (C=O) groups is 1. The minimum atomic E-state index is -4.51. The van der Waals surface area contributed by atoms with Gasteiger partial charge in [-0.05, 0) is 30.0 Å². The van der Waals surface area contributed by atoms with E-state index in [-0.39, 0.29) is 24.2 Å². The summed E-state index contributed by atoms with van der Waals surface area (Å²) in [6.07, 6.45) is 0.892. The standard InChI is InChI=1S/C27H25F3N6O/c1-16(2)23-20(5-4-12-31-23)24-32-13-19-10-11-22(37)36(26(19)34-24)14-17-6-8-18(9-7-17)25-33-21(15-35(25)3)27(28,29)30/h4-9,12-13,15-16H,10-11,14H2,1-3H3. The van der Waals surface area contributed by atoms with Crippen LogP contribution in [0, 0.1) is 0 Å². The maximum absolute atomic E-state index is 13.1. The molecule has 0 saturated heterocycles. The summed E-state index contributed by atoms with van der Waals surface area (Å²) in [4.78, 5) is 32.2. The number of anilines is 1. The molecule has 0 bridgehead atoms. The van der Waals surface area contributed by atoms with Gasteiger partial charge in [0.15, 0.2) is 11.5 Å². The molecule has 10 heteroatoms. The highest BCUT2D eigenvalue weighted by atomic mass is 19.4. The predicted molar refractivity (Wildman–Crippen MR) is 133 cm³/mol. The van der Waals surface area contributed by atoms with E-state index in [2.05, 4.69) is 28.8 Å². The number of aromatic nitrogens is 5. The molecule has 1 aliphatic heterocycles. The third kappa shape index (κ3) is 4.83. The molecule has 1 aromatic carbocycles. The van der Waals surface area contributed by atoms with Gasteiger partial charge in [-0.25, -0.2) is 15.0 Å². The Hall–Kier alpha value is -4.08. The molecule has 37 heavy (non-hydrogen) atoms. The Morgan fingerprint density at radius 2 is 1.78 bits per heavy atom. The Bertz CT molecular complexity index is 1460. The fourth-order valence-electron chi connectivity index (χ4n) is 4.47. The van der Waals surface area contributed by atoms with Crippen molar-refractivity contribution in [3.8, 4) is 22.8 Å². The van der Waals surface area contributed by atoms with Crippen LogP contribution in [0.1, 0.15) is 48.7 Å². The molecule has 0 unspecified atom stereocenters. The van der Waals surface area contributed by atoms with E-state index in [4.69, 9.17) is 4.98 Å². The van der Waals surface area contributed by atoms with Crippen LogP contribution in [0.3, 0.4) is 0 Å². The van der Waals surface area contributed by atoms with Gasteiger partial charge in [-0.1, -0.05) is 38.1 Å². The summed E-state index contributed by atoms with van der Waals surface area (Å²) in [5.41, 5.74) is 3.04. The molecule has 190 valence electrons. The highest BCUT2D eigenvalue weighted by Gasteiger charge is 2.34.